The van der Waals surface area contributed by atoms with E-state index in [-0.39, 0.29) is 5.41 Å². The molecule has 4 nitrogen and oxygen atoms in total. The van der Waals surface area contributed by atoms with Crippen molar-refractivity contribution in [1.82, 2.24) is 14.5 Å². The first-order valence-electron chi connectivity index (χ1n) is 14.1. The van der Waals surface area contributed by atoms with Crippen LogP contribution in [0.2, 0.25) is 0 Å². The summed E-state index contributed by atoms with van der Waals surface area (Å²) < 4.78 is 8.73. The number of benzene rings is 4. The molecule has 0 N–H and O–H groups in total. The predicted molar refractivity (Wildman–Crippen MR) is 171 cm³/mol. The molecule has 0 saturated carbocycles. The van der Waals surface area contributed by atoms with Crippen LogP contribution in [0, 0.1) is 0 Å². The molecule has 8 rings (SSSR count). The van der Waals surface area contributed by atoms with Gasteiger partial charge in [-0.15, -0.1) is 0 Å². The molecule has 0 atom stereocenters. The zero-order valence-electron chi connectivity index (χ0n) is 23.3. The second-order valence-corrected chi connectivity index (χ2v) is 12.2. The van der Waals surface area contributed by atoms with Crippen molar-refractivity contribution in [1.29, 1.82) is 0 Å². The van der Waals surface area contributed by atoms with E-state index in [0.29, 0.717) is 0 Å². The molecule has 0 bridgehead atoms. The van der Waals surface area contributed by atoms with Gasteiger partial charge in [0.05, 0.1) is 16.9 Å². The van der Waals surface area contributed by atoms with E-state index >= 15 is 0 Å². The third-order valence-electron chi connectivity index (χ3n) is 8.20. The number of ether oxygens (including phenoxy) is 1. The first kappa shape index (κ1) is 24.9. The molecule has 5 heteroatoms. The monoisotopic (exact) mass is 561 g/mol. The van der Waals surface area contributed by atoms with Crippen molar-refractivity contribution in [3.63, 3.8) is 0 Å². The van der Waals surface area contributed by atoms with Crippen LogP contribution in [-0.4, -0.2) is 14.5 Å². The number of hydrogen-bond acceptors (Lipinski definition) is 4. The van der Waals surface area contributed by atoms with Gasteiger partial charge in [-0.05, 0) is 65.7 Å². The van der Waals surface area contributed by atoms with Crippen LogP contribution in [-0.2, 0) is 5.41 Å². The molecule has 0 saturated heterocycles. The largest absolute Gasteiger partial charge is 0.457 e. The van der Waals surface area contributed by atoms with Gasteiger partial charge >= 0.3 is 0 Å². The van der Waals surface area contributed by atoms with Crippen LogP contribution in [0.3, 0.4) is 0 Å². The Balaban J connectivity index is 1.29. The van der Waals surface area contributed by atoms with Crippen molar-refractivity contribution >= 4 is 33.7 Å². The van der Waals surface area contributed by atoms with E-state index in [4.69, 9.17) is 9.72 Å². The van der Waals surface area contributed by atoms with E-state index in [1.165, 1.54) is 31.8 Å². The van der Waals surface area contributed by atoms with E-state index in [1.54, 1.807) is 0 Å². The van der Waals surface area contributed by atoms with Gasteiger partial charge in [-0.1, -0.05) is 80.2 Å². The summed E-state index contributed by atoms with van der Waals surface area (Å²) in [5.41, 5.74) is 7.65. The average Bonchev–Trinajstić information content (AvgIpc) is 3.37. The van der Waals surface area contributed by atoms with E-state index in [9.17, 15) is 0 Å². The quantitative estimate of drug-likeness (QED) is 0.214. The lowest BCUT2D eigenvalue weighted by atomic mass is 9.77. The maximum atomic E-state index is 6.43. The average molecular weight is 562 g/mol. The van der Waals surface area contributed by atoms with Gasteiger partial charge in [-0.2, -0.15) is 0 Å². The van der Waals surface area contributed by atoms with Crippen molar-refractivity contribution in [2.24, 2.45) is 0 Å². The van der Waals surface area contributed by atoms with Gasteiger partial charge in [-0.3, -0.25) is 9.55 Å². The molecule has 0 fully saturated rings. The minimum Gasteiger partial charge on any atom is -0.457 e. The molecule has 0 amide bonds. The lowest BCUT2D eigenvalue weighted by molar-refractivity contribution is 0.482. The number of hydrogen-bond donors (Lipinski definition) is 0. The lowest BCUT2D eigenvalue weighted by Gasteiger charge is -2.35. The maximum absolute atomic E-state index is 6.43. The van der Waals surface area contributed by atoms with E-state index in [1.807, 2.05) is 72.7 Å². The second-order valence-electron chi connectivity index (χ2n) is 11.1. The highest BCUT2D eigenvalue weighted by Crippen LogP contribution is 2.52. The number of rotatable bonds is 4. The number of pyridine rings is 2. The van der Waals surface area contributed by atoms with Gasteiger partial charge in [0.25, 0.3) is 0 Å². The number of fused-ring (bicyclic) bond motifs is 6. The topological polar surface area (TPSA) is 39.9 Å². The van der Waals surface area contributed by atoms with Gasteiger partial charge in [0.2, 0.25) is 0 Å². The van der Waals surface area contributed by atoms with Crippen molar-refractivity contribution in [2.75, 3.05) is 0 Å². The molecule has 202 valence electrons. The molecule has 0 radical (unpaired) electrons. The zero-order valence-corrected chi connectivity index (χ0v) is 24.1. The smallest absolute Gasteiger partial charge is 0.145 e. The summed E-state index contributed by atoms with van der Waals surface area (Å²) in [6, 6.07) is 39.8. The van der Waals surface area contributed by atoms with Crippen molar-refractivity contribution < 1.29 is 4.74 Å². The Labute approximate surface area is 248 Å². The fraction of sp³-hybridized carbons (Fsp3) is 0.0811. The van der Waals surface area contributed by atoms with Crippen LogP contribution in [0.1, 0.15) is 25.0 Å². The molecule has 4 heterocycles. The van der Waals surface area contributed by atoms with Crippen molar-refractivity contribution in [3.05, 3.63) is 139 Å². The summed E-state index contributed by atoms with van der Waals surface area (Å²) in [5, 5.41) is 2.34. The van der Waals surface area contributed by atoms with Crippen LogP contribution >= 0.6 is 11.8 Å². The Morgan fingerprint density at radius 2 is 1.48 bits per heavy atom. The molecule has 7 aromatic rings. The van der Waals surface area contributed by atoms with Gasteiger partial charge in [-0.25, -0.2) is 4.98 Å². The standard InChI is InChI=1S/C37H27N3OS/c1-37(2)30-15-3-4-17-33(30)42-35-31(37)19-18-28-29-14-9-21-39-36(29)40(34(28)35)25-11-8-13-27(23-25)41-26-12-7-10-24(22-26)32-16-5-6-20-38-32/h3-23H,1-2H3. The Bertz CT molecular complexity index is 2130. The van der Waals surface area contributed by atoms with Crippen LogP contribution in [0.15, 0.2) is 137 Å². The summed E-state index contributed by atoms with van der Waals surface area (Å²) >= 11 is 1.86. The molecule has 1 aliphatic heterocycles. The molecule has 0 spiro atoms. The molecular formula is C37H27N3OS. The molecule has 42 heavy (non-hydrogen) atoms. The highest BCUT2D eigenvalue weighted by molar-refractivity contribution is 7.99. The van der Waals surface area contributed by atoms with Crippen LogP contribution in [0.25, 0.3) is 38.9 Å². The summed E-state index contributed by atoms with van der Waals surface area (Å²) in [5.74, 6) is 1.53. The second kappa shape index (κ2) is 9.61. The maximum Gasteiger partial charge on any atom is 0.145 e. The minimum atomic E-state index is -0.121. The van der Waals surface area contributed by atoms with Gasteiger partial charge < -0.3 is 4.74 Å². The van der Waals surface area contributed by atoms with Crippen LogP contribution in [0.5, 0.6) is 11.5 Å². The highest BCUT2D eigenvalue weighted by Gasteiger charge is 2.35. The van der Waals surface area contributed by atoms with Gasteiger partial charge in [0.15, 0.2) is 0 Å². The Morgan fingerprint density at radius 3 is 2.36 bits per heavy atom. The summed E-state index contributed by atoms with van der Waals surface area (Å²) in [4.78, 5) is 12.0. The molecule has 4 aromatic carbocycles. The van der Waals surface area contributed by atoms with Gasteiger partial charge in [0, 0.05) is 50.0 Å². The zero-order chi connectivity index (χ0) is 28.3. The molecule has 0 aliphatic carbocycles. The Morgan fingerprint density at radius 1 is 0.667 bits per heavy atom. The van der Waals surface area contributed by atoms with Crippen LogP contribution in [0.4, 0.5) is 0 Å². The summed E-state index contributed by atoms with van der Waals surface area (Å²) in [6.45, 7) is 4.66. The van der Waals surface area contributed by atoms with E-state index in [2.05, 4.69) is 90.1 Å². The predicted octanol–water partition coefficient (Wildman–Crippen LogP) is 9.82. The highest BCUT2D eigenvalue weighted by atomic mass is 32.2. The van der Waals surface area contributed by atoms with E-state index in [0.717, 1.165) is 39.5 Å². The third-order valence-corrected chi connectivity index (χ3v) is 9.39. The molecule has 0 unspecified atom stereocenters. The minimum absolute atomic E-state index is 0.121. The Kier molecular flexibility index (Phi) is 5.69. The lowest BCUT2D eigenvalue weighted by Crippen LogP contribution is -2.24. The first-order valence-corrected chi connectivity index (χ1v) is 14.9. The third kappa shape index (κ3) is 3.92. The Hall–Kier alpha value is -4.87. The SMILES string of the molecule is CC1(C)c2ccccc2Sc2c1ccc1c3cccnc3n(-c3cccc(Oc4cccc(-c5ccccn5)c4)c3)c21. The summed E-state index contributed by atoms with van der Waals surface area (Å²) in [6.07, 6.45) is 3.68. The van der Waals surface area contributed by atoms with Gasteiger partial charge in [0.1, 0.15) is 17.1 Å². The number of aromatic nitrogens is 3. The van der Waals surface area contributed by atoms with Crippen molar-refractivity contribution in [2.45, 2.75) is 29.1 Å². The first-order chi connectivity index (χ1) is 20.6. The van der Waals surface area contributed by atoms with E-state index < -0.39 is 0 Å². The fourth-order valence-corrected chi connectivity index (χ4v) is 7.68. The van der Waals surface area contributed by atoms with Crippen molar-refractivity contribution in [3.8, 4) is 28.4 Å². The number of nitrogens with zero attached hydrogens (tertiary/aromatic N) is 3. The molecular weight excluding hydrogens is 534 g/mol. The summed E-state index contributed by atoms with van der Waals surface area (Å²) in [7, 11) is 0. The molecule has 3 aromatic heterocycles. The normalized spacial score (nSPS) is 13.6. The fourth-order valence-electron chi connectivity index (χ4n) is 6.15. The molecule has 1 aliphatic rings. The van der Waals surface area contributed by atoms with Crippen LogP contribution < -0.4 is 4.74 Å².